The first-order valence-corrected chi connectivity index (χ1v) is 6.38. The Bertz CT molecular complexity index is 617. The summed E-state index contributed by atoms with van der Waals surface area (Å²) in [5, 5.41) is 3.31. The highest BCUT2D eigenvalue weighted by Crippen LogP contribution is 2.22. The quantitative estimate of drug-likeness (QED) is 0.913. The van der Waals surface area contributed by atoms with E-state index in [1.807, 2.05) is 0 Å². The summed E-state index contributed by atoms with van der Waals surface area (Å²) < 4.78 is 31.3. The van der Waals surface area contributed by atoms with Gasteiger partial charge in [0.2, 0.25) is 5.88 Å². The average Bonchev–Trinajstić information content (AvgIpc) is 3.25. The molecule has 0 amide bonds. The van der Waals surface area contributed by atoms with Crippen molar-refractivity contribution in [2.24, 2.45) is 0 Å². The molecule has 0 saturated heterocycles. The molecule has 0 bridgehead atoms. The van der Waals surface area contributed by atoms with Gasteiger partial charge in [0.15, 0.2) is 11.6 Å². The molecule has 0 atom stereocenters. The van der Waals surface area contributed by atoms with Crippen molar-refractivity contribution >= 4 is 0 Å². The van der Waals surface area contributed by atoms with Crippen LogP contribution in [0.2, 0.25) is 0 Å². The lowest BCUT2D eigenvalue weighted by Crippen LogP contribution is -2.16. The molecule has 0 spiro atoms. The summed E-state index contributed by atoms with van der Waals surface area (Å²) in [5.41, 5.74) is 0.747. The Labute approximate surface area is 114 Å². The number of hydrogen-bond donors (Lipinski definition) is 1. The number of nitrogens with zero attached hydrogens (tertiary/aromatic N) is 2. The van der Waals surface area contributed by atoms with Crippen LogP contribution in [0, 0.1) is 11.6 Å². The summed E-state index contributed by atoms with van der Waals surface area (Å²) in [6.07, 6.45) is 5.46. The summed E-state index contributed by atoms with van der Waals surface area (Å²) in [5.74, 6) is -1.43. The maximum Gasteiger partial charge on any atom is 0.238 e. The molecule has 1 N–H and O–H groups in total. The normalized spacial score (nSPS) is 14.3. The van der Waals surface area contributed by atoms with Gasteiger partial charge in [0.1, 0.15) is 5.75 Å². The standard InChI is InChI=1S/C14H13F2N3O/c15-12-4-3-11(5-13(12)16)20-14-8-17-6-10(19-14)7-18-9-1-2-9/h3-6,8-9,18H,1-2,7H2. The number of benzene rings is 1. The molecule has 1 heterocycles. The predicted octanol–water partition coefficient (Wildman–Crippen LogP) is 2.80. The van der Waals surface area contributed by atoms with Gasteiger partial charge in [0.25, 0.3) is 0 Å². The Morgan fingerprint density at radius 1 is 1.20 bits per heavy atom. The van der Waals surface area contributed by atoms with Gasteiger partial charge in [-0.3, -0.25) is 4.98 Å². The lowest BCUT2D eigenvalue weighted by atomic mass is 10.3. The molecular weight excluding hydrogens is 264 g/mol. The molecule has 1 aliphatic rings. The number of halogens is 2. The van der Waals surface area contributed by atoms with E-state index in [-0.39, 0.29) is 11.6 Å². The molecule has 1 aromatic carbocycles. The third-order valence-corrected chi connectivity index (χ3v) is 2.93. The van der Waals surface area contributed by atoms with Crippen molar-refractivity contribution in [3.8, 4) is 11.6 Å². The second-order valence-corrected chi connectivity index (χ2v) is 4.68. The van der Waals surface area contributed by atoms with Crippen molar-refractivity contribution in [2.45, 2.75) is 25.4 Å². The molecule has 0 radical (unpaired) electrons. The smallest absolute Gasteiger partial charge is 0.238 e. The van der Waals surface area contributed by atoms with E-state index >= 15 is 0 Å². The molecule has 20 heavy (non-hydrogen) atoms. The number of aromatic nitrogens is 2. The fourth-order valence-corrected chi connectivity index (χ4v) is 1.72. The van der Waals surface area contributed by atoms with Crippen molar-refractivity contribution in [1.82, 2.24) is 15.3 Å². The summed E-state index contributed by atoms with van der Waals surface area (Å²) >= 11 is 0. The zero-order chi connectivity index (χ0) is 13.9. The maximum absolute atomic E-state index is 13.1. The predicted molar refractivity (Wildman–Crippen MR) is 68.3 cm³/mol. The summed E-state index contributed by atoms with van der Waals surface area (Å²) in [4.78, 5) is 8.28. The van der Waals surface area contributed by atoms with Crippen LogP contribution in [-0.4, -0.2) is 16.0 Å². The van der Waals surface area contributed by atoms with Crippen molar-refractivity contribution in [3.63, 3.8) is 0 Å². The zero-order valence-electron chi connectivity index (χ0n) is 10.6. The number of ether oxygens (including phenoxy) is 1. The van der Waals surface area contributed by atoms with Gasteiger partial charge in [-0.1, -0.05) is 0 Å². The van der Waals surface area contributed by atoms with E-state index in [1.54, 1.807) is 6.20 Å². The Morgan fingerprint density at radius 2 is 2.05 bits per heavy atom. The third kappa shape index (κ3) is 3.27. The van der Waals surface area contributed by atoms with Crippen molar-refractivity contribution in [2.75, 3.05) is 0 Å². The summed E-state index contributed by atoms with van der Waals surface area (Å²) in [7, 11) is 0. The van der Waals surface area contributed by atoms with E-state index in [9.17, 15) is 8.78 Å². The lowest BCUT2D eigenvalue weighted by Gasteiger charge is -2.07. The van der Waals surface area contributed by atoms with Crippen LogP contribution in [0.3, 0.4) is 0 Å². The van der Waals surface area contributed by atoms with Gasteiger partial charge in [-0.2, -0.15) is 0 Å². The molecule has 1 aromatic heterocycles. The minimum atomic E-state index is -0.956. The van der Waals surface area contributed by atoms with Crippen LogP contribution >= 0.6 is 0 Å². The average molecular weight is 277 g/mol. The SMILES string of the molecule is Fc1ccc(Oc2cncc(CNC3CC3)n2)cc1F. The highest BCUT2D eigenvalue weighted by atomic mass is 19.2. The summed E-state index contributed by atoms with van der Waals surface area (Å²) in [6, 6.07) is 3.91. The minimum Gasteiger partial charge on any atom is -0.437 e. The van der Waals surface area contributed by atoms with Crippen LogP contribution in [-0.2, 0) is 6.54 Å². The van der Waals surface area contributed by atoms with Gasteiger partial charge in [-0.25, -0.2) is 13.8 Å². The lowest BCUT2D eigenvalue weighted by molar-refractivity contribution is 0.442. The third-order valence-electron chi connectivity index (χ3n) is 2.93. The minimum absolute atomic E-state index is 0.186. The van der Waals surface area contributed by atoms with Crippen molar-refractivity contribution in [3.05, 3.63) is 47.9 Å². The molecule has 1 fully saturated rings. The van der Waals surface area contributed by atoms with Gasteiger partial charge >= 0.3 is 0 Å². The van der Waals surface area contributed by atoms with Gasteiger partial charge in [-0.05, 0) is 25.0 Å². The Hall–Kier alpha value is -2.08. The van der Waals surface area contributed by atoms with Crippen LogP contribution in [0.25, 0.3) is 0 Å². The van der Waals surface area contributed by atoms with Gasteiger partial charge in [0, 0.05) is 24.8 Å². The Balaban J connectivity index is 1.69. The largest absolute Gasteiger partial charge is 0.437 e. The van der Waals surface area contributed by atoms with E-state index in [0.717, 1.165) is 17.8 Å². The molecular formula is C14H13F2N3O. The first-order chi connectivity index (χ1) is 9.70. The first kappa shape index (κ1) is 12.9. The second-order valence-electron chi connectivity index (χ2n) is 4.68. The molecule has 0 unspecified atom stereocenters. The molecule has 6 heteroatoms. The Kier molecular flexibility index (Phi) is 3.56. The van der Waals surface area contributed by atoms with E-state index < -0.39 is 11.6 Å². The van der Waals surface area contributed by atoms with Gasteiger partial charge in [-0.15, -0.1) is 0 Å². The zero-order valence-corrected chi connectivity index (χ0v) is 10.6. The van der Waals surface area contributed by atoms with Crippen molar-refractivity contribution < 1.29 is 13.5 Å². The van der Waals surface area contributed by atoms with Crippen LogP contribution < -0.4 is 10.1 Å². The molecule has 4 nitrogen and oxygen atoms in total. The van der Waals surface area contributed by atoms with Crippen LogP contribution in [0.15, 0.2) is 30.6 Å². The first-order valence-electron chi connectivity index (χ1n) is 6.38. The van der Waals surface area contributed by atoms with E-state index in [0.29, 0.717) is 12.6 Å². The van der Waals surface area contributed by atoms with Crippen LogP contribution in [0.4, 0.5) is 8.78 Å². The molecule has 2 aromatic rings. The highest BCUT2D eigenvalue weighted by molar-refractivity contribution is 5.27. The molecule has 1 aliphatic carbocycles. The van der Waals surface area contributed by atoms with Gasteiger partial charge in [0.05, 0.1) is 11.9 Å². The highest BCUT2D eigenvalue weighted by Gasteiger charge is 2.20. The Morgan fingerprint density at radius 3 is 2.80 bits per heavy atom. The molecule has 3 rings (SSSR count). The van der Waals surface area contributed by atoms with Crippen LogP contribution in [0.1, 0.15) is 18.5 Å². The topological polar surface area (TPSA) is 47.0 Å². The fraction of sp³-hybridized carbons (Fsp3) is 0.286. The number of nitrogens with one attached hydrogen (secondary N) is 1. The maximum atomic E-state index is 13.1. The molecule has 0 aliphatic heterocycles. The van der Waals surface area contributed by atoms with E-state index in [2.05, 4.69) is 15.3 Å². The van der Waals surface area contributed by atoms with Crippen LogP contribution in [0.5, 0.6) is 11.6 Å². The van der Waals surface area contributed by atoms with E-state index in [4.69, 9.17) is 4.74 Å². The van der Waals surface area contributed by atoms with E-state index in [1.165, 1.54) is 25.1 Å². The number of hydrogen-bond acceptors (Lipinski definition) is 4. The monoisotopic (exact) mass is 277 g/mol. The number of rotatable bonds is 5. The van der Waals surface area contributed by atoms with Gasteiger partial charge < -0.3 is 10.1 Å². The van der Waals surface area contributed by atoms with Crippen molar-refractivity contribution in [1.29, 1.82) is 0 Å². The second kappa shape index (κ2) is 5.50. The molecule has 104 valence electrons. The summed E-state index contributed by atoms with van der Waals surface area (Å²) in [6.45, 7) is 0.618. The molecule has 1 saturated carbocycles. The fourth-order valence-electron chi connectivity index (χ4n) is 1.72.